The van der Waals surface area contributed by atoms with Crippen molar-refractivity contribution in [3.63, 3.8) is 0 Å². The summed E-state index contributed by atoms with van der Waals surface area (Å²) in [5.74, 6) is 0. The summed E-state index contributed by atoms with van der Waals surface area (Å²) in [4.78, 5) is 4.03. The largest absolute Gasteiger partial charge is 0.264 e. The number of halogens is 1. The monoisotopic (exact) mass is 111 g/mol. The Kier molecular flexibility index (Phi) is 3.51. The van der Waals surface area contributed by atoms with E-state index >= 15 is 0 Å². The molecule has 38 valence electrons. The first-order valence-electron chi connectivity index (χ1n) is 1.35. The summed E-state index contributed by atoms with van der Waals surface area (Å²) in [6.45, 7) is 0. The minimum atomic E-state index is 0.167. The summed E-state index contributed by atoms with van der Waals surface area (Å²) in [7, 11) is 1.26. The first-order valence-corrected chi connectivity index (χ1v) is 2.53. The van der Waals surface area contributed by atoms with Crippen LogP contribution in [0, 0.1) is 0 Å². The maximum absolute atomic E-state index is 11.4. The predicted octanol–water partition coefficient (Wildman–Crippen LogP) is 1.01. The standard InChI is InChI=1S/C2H6FNOS/c1-5-4(3)6-2/h1-2H3. The average Bonchev–Trinajstić information content (AvgIpc) is 1.65. The van der Waals surface area contributed by atoms with Gasteiger partial charge < -0.3 is 0 Å². The fraction of sp³-hybridized carbons (Fsp3) is 1.00. The van der Waals surface area contributed by atoms with Crippen molar-refractivity contribution >= 4 is 11.9 Å². The van der Waals surface area contributed by atoms with E-state index < -0.39 is 0 Å². The molecule has 0 aromatic heterocycles. The molecule has 0 bridgehead atoms. The minimum absolute atomic E-state index is 0.167. The molecular weight excluding hydrogens is 105 g/mol. The number of rotatable bonds is 2. The van der Waals surface area contributed by atoms with Crippen molar-refractivity contribution in [3.05, 3.63) is 0 Å². The normalized spacial score (nSPS) is 10.0. The third kappa shape index (κ3) is 2.44. The molecule has 0 heterocycles. The van der Waals surface area contributed by atoms with E-state index in [1.54, 1.807) is 6.26 Å². The Labute approximate surface area is 40.3 Å². The Balaban J connectivity index is 2.75. The molecule has 0 atom stereocenters. The van der Waals surface area contributed by atoms with Crippen LogP contribution in [0.15, 0.2) is 0 Å². The van der Waals surface area contributed by atoms with Gasteiger partial charge in [-0.15, -0.1) is 0 Å². The highest BCUT2D eigenvalue weighted by atomic mass is 32.2. The third-order valence-electron chi connectivity index (χ3n) is 0.287. The molecule has 0 aliphatic carbocycles. The summed E-state index contributed by atoms with van der Waals surface area (Å²) in [5, 5.41) is 0. The molecule has 0 aromatic carbocycles. The van der Waals surface area contributed by atoms with Gasteiger partial charge in [0.25, 0.3) is 0 Å². The van der Waals surface area contributed by atoms with Gasteiger partial charge in [-0.1, -0.05) is 4.48 Å². The molecule has 0 unspecified atom stereocenters. The summed E-state index contributed by atoms with van der Waals surface area (Å²) in [6, 6.07) is 0. The lowest BCUT2D eigenvalue weighted by molar-refractivity contribution is -0.170. The second kappa shape index (κ2) is 3.39. The summed E-state index contributed by atoms with van der Waals surface area (Å²) in [6.07, 6.45) is 1.57. The molecular formula is C2H6FNOS. The summed E-state index contributed by atoms with van der Waals surface area (Å²) in [5.41, 5.74) is 0. The smallest absolute Gasteiger partial charge is 0.0614 e. The molecule has 0 fully saturated rings. The van der Waals surface area contributed by atoms with Gasteiger partial charge >= 0.3 is 0 Å². The van der Waals surface area contributed by atoms with E-state index in [0.29, 0.717) is 0 Å². The Bertz CT molecular complexity index is 32.7. The summed E-state index contributed by atoms with van der Waals surface area (Å²) >= 11 is 0.869. The van der Waals surface area contributed by atoms with E-state index in [4.69, 9.17) is 0 Å². The van der Waals surface area contributed by atoms with E-state index in [-0.39, 0.29) is 4.69 Å². The fourth-order valence-corrected chi connectivity index (χ4v) is 0.224. The number of hydrogen-bond donors (Lipinski definition) is 0. The quantitative estimate of drug-likeness (QED) is 0.300. The van der Waals surface area contributed by atoms with E-state index in [9.17, 15) is 4.48 Å². The van der Waals surface area contributed by atoms with Gasteiger partial charge in [0.05, 0.1) is 7.11 Å². The highest BCUT2D eigenvalue weighted by Crippen LogP contribution is 2.02. The highest BCUT2D eigenvalue weighted by Gasteiger charge is 1.89. The lowest BCUT2D eigenvalue weighted by Crippen LogP contribution is -1.97. The lowest BCUT2D eigenvalue weighted by atomic mass is 11.7. The van der Waals surface area contributed by atoms with Gasteiger partial charge in [-0.05, 0) is 11.9 Å². The van der Waals surface area contributed by atoms with Crippen LogP contribution in [-0.4, -0.2) is 18.1 Å². The second-order valence-electron chi connectivity index (χ2n) is 0.578. The van der Waals surface area contributed by atoms with Crippen molar-refractivity contribution in [3.8, 4) is 0 Å². The third-order valence-corrected chi connectivity index (χ3v) is 0.723. The average molecular weight is 111 g/mol. The van der Waals surface area contributed by atoms with Crippen LogP contribution in [0.2, 0.25) is 0 Å². The molecule has 0 aliphatic heterocycles. The molecule has 2 nitrogen and oxygen atoms in total. The molecule has 4 heteroatoms. The van der Waals surface area contributed by atoms with Crippen LogP contribution in [0.4, 0.5) is 4.48 Å². The van der Waals surface area contributed by atoms with Crippen molar-refractivity contribution in [2.24, 2.45) is 0 Å². The highest BCUT2D eigenvalue weighted by molar-refractivity contribution is 7.96. The van der Waals surface area contributed by atoms with Crippen molar-refractivity contribution in [1.82, 2.24) is 4.69 Å². The van der Waals surface area contributed by atoms with Gasteiger partial charge in [-0.2, -0.15) is 0 Å². The van der Waals surface area contributed by atoms with Gasteiger partial charge in [-0.25, -0.2) is 0 Å². The molecule has 0 aliphatic rings. The molecule has 0 amide bonds. The Morgan fingerprint density at radius 2 is 2.33 bits per heavy atom. The van der Waals surface area contributed by atoms with Crippen molar-refractivity contribution in [2.75, 3.05) is 13.4 Å². The fourth-order valence-electron chi connectivity index (χ4n) is 0.0745. The maximum atomic E-state index is 11.4. The Morgan fingerprint density at radius 3 is 2.33 bits per heavy atom. The maximum Gasteiger partial charge on any atom is 0.0614 e. The number of hydrogen-bond acceptors (Lipinski definition) is 3. The molecule has 0 rings (SSSR count). The topological polar surface area (TPSA) is 12.5 Å². The van der Waals surface area contributed by atoms with E-state index in [0.717, 1.165) is 11.9 Å². The molecule has 6 heavy (non-hydrogen) atoms. The molecule has 0 radical (unpaired) electrons. The molecule has 0 aromatic rings. The molecule has 0 N–H and O–H groups in total. The van der Waals surface area contributed by atoms with E-state index in [1.165, 1.54) is 7.11 Å². The van der Waals surface area contributed by atoms with Gasteiger partial charge in [0, 0.05) is 10.9 Å². The van der Waals surface area contributed by atoms with Crippen molar-refractivity contribution < 1.29 is 9.32 Å². The van der Waals surface area contributed by atoms with Crippen LogP contribution < -0.4 is 0 Å². The SMILES string of the molecule is CON(F)SC. The van der Waals surface area contributed by atoms with Gasteiger partial charge in [-0.3, -0.25) is 4.84 Å². The molecule has 0 saturated carbocycles. The van der Waals surface area contributed by atoms with Crippen LogP contribution in [0.1, 0.15) is 0 Å². The molecule has 0 spiro atoms. The van der Waals surface area contributed by atoms with E-state index in [2.05, 4.69) is 4.84 Å². The van der Waals surface area contributed by atoms with Crippen molar-refractivity contribution in [1.29, 1.82) is 0 Å². The van der Waals surface area contributed by atoms with Crippen molar-refractivity contribution in [2.45, 2.75) is 0 Å². The summed E-state index contributed by atoms with van der Waals surface area (Å²) < 4.78 is 11.6. The van der Waals surface area contributed by atoms with Crippen LogP contribution in [0.5, 0.6) is 0 Å². The second-order valence-corrected chi connectivity index (χ2v) is 1.23. The minimum Gasteiger partial charge on any atom is -0.264 e. The Hall–Kier alpha value is 0.200. The Morgan fingerprint density at radius 1 is 1.83 bits per heavy atom. The zero-order valence-electron chi connectivity index (χ0n) is 3.64. The van der Waals surface area contributed by atoms with Gasteiger partial charge in [0.15, 0.2) is 0 Å². The van der Waals surface area contributed by atoms with Crippen LogP contribution >= 0.6 is 11.9 Å². The van der Waals surface area contributed by atoms with Crippen LogP contribution in [0.25, 0.3) is 0 Å². The van der Waals surface area contributed by atoms with E-state index in [1.807, 2.05) is 0 Å². The van der Waals surface area contributed by atoms with Gasteiger partial charge in [0.1, 0.15) is 0 Å². The first-order chi connectivity index (χ1) is 2.81. The van der Waals surface area contributed by atoms with Gasteiger partial charge in [0.2, 0.25) is 0 Å². The number of nitrogens with zero attached hydrogens (tertiary/aromatic N) is 1. The zero-order valence-corrected chi connectivity index (χ0v) is 4.46. The zero-order chi connectivity index (χ0) is 4.99. The molecule has 0 saturated heterocycles. The van der Waals surface area contributed by atoms with Crippen LogP contribution in [0.3, 0.4) is 0 Å². The first kappa shape index (κ1) is 6.20. The predicted molar refractivity (Wildman–Crippen MR) is 23.5 cm³/mol. The lowest BCUT2D eigenvalue weighted by Gasteiger charge is -1.98. The van der Waals surface area contributed by atoms with Crippen LogP contribution in [-0.2, 0) is 4.84 Å².